The zero-order valence-electron chi connectivity index (χ0n) is 10.9. The Hall–Kier alpha value is -2.63. The van der Waals surface area contributed by atoms with Gasteiger partial charge in [0.25, 0.3) is 5.91 Å². The quantitative estimate of drug-likeness (QED) is 0.711. The van der Waals surface area contributed by atoms with Crippen LogP contribution in [0.2, 0.25) is 0 Å². The largest absolute Gasteiger partial charge is 0.351 e. The third-order valence-corrected chi connectivity index (χ3v) is 3.04. The first-order chi connectivity index (χ1) is 9.83. The molecule has 0 aliphatic rings. The van der Waals surface area contributed by atoms with E-state index < -0.39 is 0 Å². The van der Waals surface area contributed by atoms with Gasteiger partial charge in [-0.1, -0.05) is 6.07 Å². The van der Waals surface area contributed by atoms with Crippen LogP contribution in [0.25, 0.3) is 5.52 Å². The van der Waals surface area contributed by atoms with E-state index in [0.717, 1.165) is 18.5 Å². The van der Waals surface area contributed by atoms with Crippen molar-refractivity contribution in [2.45, 2.75) is 13.0 Å². The highest BCUT2D eigenvalue weighted by Gasteiger charge is 2.09. The van der Waals surface area contributed by atoms with Gasteiger partial charge in [0.15, 0.2) is 5.69 Å². The zero-order chi connectivity index (χ0) is 13.8. The van der Waals surface area contributed by atoms with Crippen LogP contribution in [-0.4, -0.2) is 31.6 Å². The first-order valence-electron chi connectivity index (χ1n) is 6.51. The molecule has 0 fully saturated rings. The number of amides is 1. The van der Waals surface area contributed by atoms with Crippen molar-refractivity contribution in [2.24, 2.45) is 0 Å². The van der Waals surface area contributed by atoms with Crippen molar-refractivity contribution in [3.05, 3.63) is 54.9 Å². The van der Waals surface area contributed by atoms with E-state index in [1.54, 1.807) is 23.1 Å². The lowest BCUT2D eigenvalue weighted by Gasteiger charge is -2.03. The predicted molar refractivity (Wildman–Crippen MR) is 74.4 cm³/mol. The van der Waals surface area contributed by atoms with Crippen molar-refractivity contribution in [3.8, 4) is 0 Å². The summed E-state index contributed by atoms with van der Waals surface area (Å²) in [6.45, 7) is 1.45. The SMILES string of the molecule is O=C(NCCCn1ccnc1)c1cc2ccccn2n1. The van der Waals surface area contributed by atoms with Gasteiger partial charge in [-0.2, -0.15) is 5.10 Å². The third kappa shape index (κ3) is 2.69. The first-order valence-corrected chi connectivity index (χ1v) is 6.51. The van der Waals surface area contributed by atoms with Crippen LogP contribution in [0.5, 0.6) is 0 Å². The van der Waals surface area contributed by atoms with Gasteiger partial charge < -0.3 is 9.88 Å². The minimum Gasteiger partial charge on any atom is -0.351 e. The Morgan fingerprint density at radius 3 is 3.05 bits per heavy atom. The van der Waals surface area contributed by atoms with Crippen LogP contribution in [-0.2, 0) is 6.54 Å². The number of imidazole rings is 1. The third-order valence-electron chi connectivity index (χ3n) is 3.04. The second-order valence-corrected chi connectivity index (χ2v) is 4.51. The molecule has 0 bridgehead atoms. The van der Waals surface area contributed by atoms with Crippen molar-refractivity contribution in [2.75, 3.05) is 6.54 Å². The highest BCUT2D eigenvalue weighted by atomic mass is 16.1. The van der Waals surface area contributed by atoms with E-state index in [9.17, 15) is 4.79 Å². The Labute approximate surface area is 116 Å². The Balaban J connectivity index is 1.53. The number of pyridine rings is 1. The number of hydrogen-bond acceptors (Lipinski definition) is 3. The Morgan fingerprint density at radius 1 is 1.30 bits per heavy atom. The summed E-state index contributed by atoms with van der Waals surface area (Å²) >= 11 is 0. The molecule has 6 heteroatoms. The molecule has 0 saturated carbocycles. The van der Waals surface area contributed by atoms with E-state index in [0.29, 0.717) is 12.2 Å². The number of nitrogens with zero attached hydrogens (tertiary/aromatic N) is 4. The van der Waals surface area contributed by atoms with Crippen LogP contribution in [0.4, 0.5) is 0 Å². The minimum absolute atomic E-state index is 0.140. The number of carbonyl (C=O) groups is 1. The van der Waals surface area contributed by atoms with Gasteiger partial charge in [0.2, 0.25) is 0 Å². The van der Waals surface area contributed by atoms with Gasteiger partial charge in [0.1, 0.15) is 0 Å². The van der Waals surface area contributed by atoms with E-state index >= 15 is 0 Å². The summed E-state index contributed by atoms with van der Waals surface area (Å²) in [6.07, 6.45) is 8.10. The molecule has 20 heavy (non-hydrogen) atoms. The average molecular weight is 269 g/mol. The van der Waals surface area contributed by atoms with Gasteiger partial charge >= 0.3 is 0 Å². The molecule has 102 valence electrons. The number of carbonyl (C=O) groups excluding carboxylic acids is 1. The van der Waals surface area contributed by atoms with Crippen LogP contribution in [0.3, 0.4) is 0 Å². The van der Waals surface area contributed by atoms with Crippen LogP contribution in [0.15, 0.2) is 49.2 Å². The molecule has 3 rings (SSSR count). The summed E-state index contributed by atoms with van der Waals surface area (Å²) in [5, 5.41) is 7.10. The van der Waals surface area contributed by atoms with Crippen LogP contribution < -0.4 is 5.32 Å². The summed E-state index contributed by atoms with van der Waals surface area (Å²) < 4.78 is 3.68. The van der Waals surface area contributed by atoms with Crippen molar-refractivity contribution in [1.29, 1.82) is 0 Å². The van der Waals surface area contributed by atoms with E-state index in [1.165, 1.54) is 0 Å². The molecule has 0 aromatic carbocycles. The summed E-state index contributed by atoms with van der Waals surface area (Å²) in [4.78, 5) is 15.9. The molecule has 1 amide bonds. The number of hydrogen-bond donors (Lipinski definition) is 1. The maximum atomic E-state index is 12.0. The van der Waals surface area contributed by atoms with Crippen molar-refractivity contribution < 1.29 is 4.79 Å². The van der Waals surface area contributed by atoms with Crippen LogP contribution in [0.1, 0.15) is 16.9 Å². The summed E-state index contributed by atoms with van der Waals surface area (Å²) in [5.74, 6) is -0.140. The lowest BCUT2D eigenvalue weighted by molar-refractivity contribution is 0.0947. The maximum absolute atomic E-state index is 12.0. The monoisotopic (exact) mass is 269 g/mol. The second-order valence-electron chi connectivity index (χ2n) is 4.51. The Kier molecular flexibility index (Phi) is 3.45. The van der Waals surface area contributed by atoms with E-state index in [4.69, 9.17) is 0 Å². The van der Waals surface area contributed by atoms with Gasteiger partial charge in [-0.05, 0) is 24.6 Å². The molecule has 0 saturated heterocycles. The number of fused-ring (bicyclic) bond motifs is 1. The first kappa shape index (κ1) is 12.4. The number of aromatic nitrogens is 4. The molecule has 3 heterocycles. The molecule has 3 aromatic rings. The molecular formula is C14H15N5O. The van der Waals surface area contributed by atoms with E-state index in [-0.39, 0.29) is 5.91 Å². The maximum Gasteiger partial charge on any atom is 0.271 e. The summed E-state index contributed by atoms with van der Waals surface area (Å²) in [5.41, 5.74) is 1.36. The van der Waals surface area contributed by atoms with Gasteiger partial charge in [-0.25, -0.2) is 9.50 Å². The lowest BCUT2D eigenvalue weighted by atomic mass is 10.3. The molecule has 0 unspecified atom stereocenters. The highest BCUT2D eigenvalue weighted by Crippen LogP contribution is 2.05. The van der Waals surface area contributed by atoms with Gasteiger partial charge in [0.05, 0.1) is 11.8 Å². The Morgan fingerprint density at radius 2 is 2.25 bits per heavy atom. The molecule has 0 aliphatic heterocycles. The lowest BCUT2D eigenvalue weighted by Crippen LogP contribution is -2.25. The van der Waals surface area contributed by atoms with Crippen LogP contribution >= 0.6 is 0 Å². The van der Waals surface area contributed by atoms with Gasteiger partial charge in [-0.3, -0.25) is 4.79 Å². The molecular weight excluding hydrogens is 254 g/mol. The highest BCUT2D eigenvalue weighted by molar-refractivity contribution is 5.93. The van der Waals surface area contributed by atoms with Crippen molar-refractivity contribution in [1.82, 2.24) is 24.5 Å². The fourth-order valence-corrected chi connectivity index (χ4v) is 2.02. The zero-order valence-corrected chi connectivity index (χ0v) is 10.9. The molecule has 3 aromatic heterocycles. The van der Waals surface area contributed by atoms with Gasteiger partial charge in [0, 0.05) is 31.7 Å². The normalized spacial score (nSPS) is 10.8. The molecule has 1 N–H and O–H groups in total. The van der Waals surface area contributed by atoms with Crippen LogP contribution in [0, 0.1) is 0 Å². The van der Waals surface area contributed by atoms with Crippen molar-refractivity contribution in [3.63, 3.8) is 0 Å². The summed E-state index contributed by atoms with van der Waals surface area (Å²) in [7, 11) is 0. The second kappa shape index (κ2) is 5.56. The van der Waals surface area contributed by atoms with Gasteiger partial charge in [-0.15, -0.1) is 0 Å². The molecule has 0 aliphatic carbocycles. The van der Waals surface area contributed by atoms with E-state index in [1.807, 2.05) is 35.2 Å². The fraction of sp³-hybridized carbons (Fsp3) is 0.214. The molecule has 0 atom stereocenters. The minimum atomic E-state index is -0.140. The summed E-state index contributed by atoms with van der Waals surface area (Å²) in [6, 6.07) is 7.50. The molecule has 0 radical (unpaired) electrons. The topological polar surface area (TPSA) is 64.2 Å². The smallest absolute Gasteiger partial charge is 0.271 e. The average Bonchev–Trinajstić information content (AvgIpc) is 3.12. The molecule has 0 spiro atoms. The van der Waals surface area contributed by atoms with E-state index in [2.05, 4.69) is 15.4 Å². The van der Waals surface area contributed by atoms with Crippen molar-refractivity contribution >= 4 is 11.4 Å². The number of aryl methyl sites for hydroxylation is 1. The predicted octanol–water partition coefficient (Wildman–Crippen LogP) is 1.35. The standard InChI is InChI=1S/C14H15N5O/c20-14(16-5-3-7-18-9-6-15-11-18)13-10-12-4-1-2-8-19(12)17-13/h1-2,4,6,8-11H,3,5,7H2,(H,16,20). The molecule has 6 nitrogen and oxygen atoms in total. The number of nitrogens with one attached hydrogen (secondary N) is 1. The Bertz CT molecular complexity index is 668. The number of rotatable bonds is 5. The fourth-order valence-electron chi connectivity index (χ4n) is 2.02.